The molecule has 0 radical (unpaired) electrons. The maximum absolute atomic E-state index is 12.9. The average Bonchev–Trinajstić information content (AvgIpc) is 2.75. The summed E-state index contributed by atoms with van der Waals surface area (Å²) in [7, 11) is 0. The lowest BCUT2D eigenvalue weighted by atomic mass is 9.81. The number of benzene rings is 1. The van der Waals surface area contributed by atoms with Crippen LogP contribution in [0.3, 0.4) is 0 Å². The first-order valence-electron chi connectivity index (χ1n) is 9.79. The third-order valence-corrected chi connectivity index (χ3v) is 5.77. The van der Waals surface area contributed by atoms with E-state index in [-0.39, 0.29) is 23.4 Å². The van der Waals surface area contributed by atoms with Gasteiger partial charge in [-0.05, 0) is 30.5 Å². The van der Waals surface area contributed by atoms with Crippen LogP contribution in [0.15, 0.2) is 66.0 Å². The van der Waals surface area contributed by atoms with E-state index < -0.39 is 0 Å². The van der Waals surface area contributed by atoms with E-state index in [1.54, 1.807) is 18.5 Å². The van der Waals surface area contributed by atoms with Gasteiger partial charge >= 0.3 is 6.03 Å². The number of hydrogen-bond donors (Lipinski definition) is 1. The Bertz CT molecular complexity index is 1100. The number of hydrogen-bond acceptors (Lipinski definition) is 4. The van der Waals surface area contributed by atoms with Gasteiger partial charge in [0, 0.05) is 66.5 Å². The number of para-hydroxylation sites is 1. The summed E-state index contributed by atoms with van der Waals surface area (Å²) in [5.74, 6) is 0.371. The number of rotatable bonds is 2. The minimum Gasteiger partial charge on any atom is -0.324 e. The number of carbonyl (C=O) groups is 1. The summed E-state index contributed by atoms with van der Waals surface area (Å²) in [5, 5.41) is 2.98. The quantitative estimate of drug-likeness (QED) is 0.733. The molecule has 1 aromatic carbocycles. The highest BCUT2D eigenvalue weighted by atomic mass is 16.2. The SMILES string of the molecule is O=C(Nc1ccccc1)N1CC2CC(C1)c1c(-c3cncnc3)ccc(=O)n1C2. The fraction of sp³-hybridized carbons (Fsp3) is 0.273. The highest BCUT2D eigenvalue weighted by molar-refractivity contribution is 5.89. The van der Waals surface area contributed by atoms with Crippen LogP contribution in [0.5, 0.6) is 0 Å². The molecular formula is C22H21N5O2. The Morgan fingerprint density at radius 1 is 1.00 bits per heavy atom. The third kappa shape index (κ3) is 3.29. The molecule has 29 heavy (non-hydrogen) atoms. The summed E-state index contributed by atoms with van der Waals surface area (Å²) in [6, 6.07) is 12.9. The molecule has 7 nitrogen and oxygen atoms in total. The fourth-order valence-electron chi connectivity index (χ4n) is 4.59. The predicted octanol–water partition coefficient (Wildman–Crippen LogP) is 2.96. The smallest absolute Gasteiger partial charge is 0.321 e. The summed E-state index contributed by atoms with van der Waals surface area (Å²) in [5.41, 5.74) is 3.64. The van der Waals surface area contributed by atoms with Gasteiger partial charge in [-0.1, -0.05) is 18.2 Å². The highest BCUT2D eigenvalue weighted by Gasteiger charge is 2.37. The first-order valence-corrected chi connectivity index (χ1v) is 9.79. The molecule has 2 aliphatic heterocycles. The van der Waals surface area contributed by atoms with E-state index in [1.165, 1.54) is 6.33 Å². The molecular weight excluding hydrogens is 366 g/mol. The number of fused-ring (bicyclic) bond motifs is 4. The van der Waals surface area contributed by atoms with E-state index in [4.69, 9.17) is 0 Å². The number of piperidine rings is 1. The average molecular weight is 387 g/mol. The molecule has 2 unspecified atom stereocenters. The lowest BCUT2D eigenvalue weighted by Gasteiger charge is -2.43. The summed E-state index contributed by atoms with van der Waals surface area (Å²) < 4.78 is 1.88. The zero-order valence-electron chi connectivity index (χ0n) is 15.9. The van der Waals surface area contributed by atoms with Crippen molar-refractivity contribution in [1.82, 2.24) is 19.4 Å². The van der Waals surface area contributed by atoms with E-state index in [0.29, 0.717) is 19.6 Å². The van der Waals surface area contributed by atoms with Crippen LogP contribution in [-0.2, 0) is 6.54 Å². The highest BCUT2D eigenvalue weighted by Crippen LogP contribution is 2.39. The fourth-order valence-corrected chi connectivity index (χ4v) is 4.59. The summed E-state index contributed by atoms with van der Waals surface area (Å²) >= 11 is 0. The van der Waals surface area contributed by atoms with Crippen LogP contribution in [0, 0.1) is 5.92 Å². The van der Waals surface area contributed by atoms with Gasteiger partial charge in [0.25, 0.3) is 5.56 Å². The molecule has 2 bridgehead atoms. The second-order valence-electron chi connectivity index (χ2n) is 7.71. The number of urea groups is 1. The second kappa shape index (κ2) is 7.16. The maximum Gasteiger partial charge on any atom is 0.321 e. The topological polar surface area (TPSA) is 80.1 Å². The van der Waals surface area contributed by atoms with Crippen molar-refractivity contribution in [1.29, 1.82) is 0 Å². The van der Waals surface area contributed by atoms with Gasteiger partial charge in [-0.25, -0.2) is 14.8 Å². The Balaban J connectivity index is 1.47. The van der Waals surface area contributed by atoms with E-state index in [9.17, 15) is 9.59 Å². The molecule has 0 spiro atoms. The van der Waals surface area contributed by atoms with Crippen molar-refractivity contribution < 1.29 is 4.79 Å². The van der Waals surface area contributed by atoms with Crippen molar-refractivity contribution >= 4 is 11.7 Å². The molecule has 7 heteroatoms. The normalized spacial score (nSPS) is 20.1. The van der Waals surface area contributed by atoms with Crippen molar-refractivity contribution in [3.8, 4) is 11.1 Å². The summed E-state index contributed by atoms with van der Waals surface area (Å²) in [6.45, 7) is 1.86. The number of likely N-dealkylation sites (tertiary alicyclic amines) is 1. The lowest BCUT2D eigenvalue weighted by Crippen LogP contribution is -2.50. The van der Waals surface area contributed by atoms with Crippen molar-refractivity contribution in [2.24, 2.45) is 5.92 Å². The molecule has 5 rings (SSSR count). The molecule has 1 saturated heterocycles. The van der Waals surface area contributed by atoms with Crippen molar-refractivity contribution in [2.75, 3.05) is 18.4 Å². The number of nitrogens with one attached hydrogen (secondary N) is 1. The van der Waals surface area contributed by atoms with Gasteiger partial charge in [0.05, 0.1) is 0 Å². The number of carbonyl (C=O) groups excluding carboxylic acids is 1. The van der Waals surface area contributed by atoms with Gasteiger partial charge in [0.1, 0.15) is 6.33 Å². The lowest BCUT2D eigenvalue weighted by molar-refractivity contribution is 0.140. The van der Waals surface area contributed by atoms with Gasteiger partial charge in [0.15, 0.2) is 0 Å². The Kier molecular flexibility index (Phi) is 4.35. The largest absolute Gasteiger partial charge is 0.324 e. The molecule has 3 aromatic rings. The van der Waals surface area contributed by atoms with E-state index >= 15 is 0 Å². The van der Waals surface area contributed by atoms with Crippen LogP contribution in [0.2, 0.25) is 0 Å². The van der Waals surface area contributed by atoms with Crippen LogP contribution in [0.25, 0.3) is 11.1 Å². The molecule has 0 saturated carbocycles. The number of amides is 2. The van der Waals surface area contributed by atoms with Gasteiger partial charge < -0.3 is 14.8 Å². The van der Waals surface area contributed by atoms with Gasteiger partial charge in [-0.2, -0.15) is 0 Å². The number of anilines is 1. The monoisotopic (exact) mass is 387 g/mol. The Labute approximate surface area is 168 Å². The van der Waals surface area contributed by atoms with Crippen LogP contribution in [0.1, 0.15) is 18.0 Å². The maximum atomic E-state index is 12.9. The van der Waals surface area contributed by atoms with Crippen LogP contribution in [0.4, 0.5) is 10.5 Å². The molecule has 1 fully saturated rings. The Hall–Kier alpha value is -3.48. The predicted molar refractivity (Wildman–Crippen MR) is 110 cm³/mol. The van der Waals surface area contributed by atoms with Crippen LogP contribution < -0.4 is 10.9 Å². The third-order valence-electron chi connectivity index (χ3n) is 5.77. The van der Waals surface area contributed by atoms with Crippen LogP contribution >= 0.6 is 0 Å². The first kappa shape index (κ1) is 17.6. The van der Waals surface area contributed by atoms with Crippen LogP contribution in [-0.4, -0.2) is 38.6 Å². The Morgan fingerprint density at radius 3 is 2.59 bits per heavy atom. The number of pyridine rings is 1. The molecule has 2 aromatic heterocycles. The number of nitrogens with zero attached hydrogens (tertiary/aromatic N) is 4. The van der Waals surface area contributed by atoms with Crippen molar-refractivity contribution in [2.45, 2.75) is 18.9 Å². The molecule has 146 valence electrons. The second-order valence-corrected chi connectivity index (χ2v) is 7.71. The van der Waals surface area contributed by atoms with Gasteiger partial charge in [-0.15, -0.1) is 0 Å². The van der Waals surface area contributed by atoms with Gasteiger partial charge in [0.2, 0.25) is 0 Å². The van der Waals surface area contributed by atoms with E-state index in [1.807, 2.05) is 45.9 Å². The minimum absolute atomic E-state index is 0.0116. The zero-order valence-corrected chi connectivity index (χ0v) is 15.9. The minimum atomic E-state index is -0.0952. The standard InChI is InChI=1S/C22H21N5O2/c28-20-7-6-19(17-9-23-14-24-10-17)21-16-8-15(12-27(20)21)11-26(13-16)22(29)25-18-4-2-1-3-5-18/h1-7,9-10,14-16H,8,11-13H2,(H,25,29). The number of aromatic nitrogens is 3. The van der Waals surface area contributed by atoms with E-state index in [2.05, 4.69) is 15.3 Å². The van der Waals surface area contributed by atoms with E-state index in [0.717, 1.165) is 28.9 Å². The summed E-state index contributed by atoms with van der Waals surface area (Å²) in [4.78, 5) is 35.6. The molecule has 0 aliphatic carbocycles. The van der Waals surface area contributed by atoms with Gasteiger partial charge in [-0.3, -0.25) is 4.79 Å². The molecule has 2 aliphatic rings. The summed E-state index contributed by atoms with van der Waals surface area (Å²) in [6.07, 6.45) is 6.00. The molecule has 4 heterocycles. The molecule has 1 N–H and O–H groups in total. The molecule has 2 amide bonds. The van der Waals surface area contributed by atoms with Crippen molar-refractivity contribution in [3.63, 3.8) is 0 Å². The first-order chi connectivity index (χ1) is 14.2. The molecule has 2 atom stereocenters. The Morgan fingerprint density at radius 2 is 1.79 bits per heavy atom. The zero-order chi connectivity index (χ0) is 19.8. The van der Waals surface area contributed by atoms with Crippen molar-refractivity contribution in [3.05, 3.63) is 77.2 Å².